The number of aromatic hydroxyl groups is 1. The van der Waals surface area contributed by atoms with E-state index in [2.05, 4.69) is 47.1 Å². The summed E-state index contributed by atoms with van der Waals surface area (Å²) >= 11 is 1.52. The third kappa shape index (κ3) is 10.6. The zero-order valence-corrected chi connectivity index (χ0v) is 34.6. The molecule has 0 spiro atoms. The van der Waals surface area contributed by atoms with E-state index in [1.165, 1.54) is 11.3 Å². The maximum Gasteiger partial charge on any atom is 0.408 e. The van der Waals surface area contributed by atoms with Crippen LogP contribution in [-0.4, -0.2) is 95.2 Å². The molecule has 4 N–H and O–H groups in total. The van der Waals surface area contributed by atoms with Crippen LogP contribution in [0.2, 0.25) is 0 Å². The predicted octanol–water partition coefficient (Wildman–Crippen LogP) is 6.86. The molecule has 2 aliphatic heterocycles. The molecule has 0 saturated carbocycles. The molecule has 14 nitrogen and oxygen atoms in total. The SMILES string of the molecule is C[C@H](NC(=O)OC(C)(C)C)c1ccc(-c2scnc2C#CCOCCOCCOc2cc(N3C4CCC3CN(c3cc(-c5ccccc5O)nnc3N)C4)ccn2)cc1. The number of para-hydroxylation sites is 1. The van der Waals surface area contributed by atoms with Crippen molar-refractivity contribution in [2.45, 2.75) is 64.3 Å². The first-order valence-electron chi connectivity index (χ1n) is 19.7. The number of hydrogen-bond acceptors (Lipinski definition) is 14. The summed E-state index contributed by atoms with van der Waals surface area (Å²) in [6, 6.07) is 21.4. The number of carbonyl (C=O) groups is 1. The highest BCUT2D eigenvalue weighted by atomic mass is 32.1. The minimum absolute atomic E-state index is 0.155. The molecule has 2 aliphatic rings. The van der Waals surface area contributed by atoms with Crippen molar-refractivity contribution in [3.63, 3.8) is 0 Å². The Bertz CT molecular complexity index is 2260. The van der Waals surface area contributed by atoms with E-state index in [4.69, 9.17) is 24.7 Å². The summed E-state index contributed by atoms with van der Waals surface area (Å²) in [6.45, 7) is 10.8. The third-order valence-electron chi connectivity index (χ3n) is 10.0. The number of benzene rings is 2. The van der Waals surface area contributed by atoms with Crippen molar-refractivity contribution >= 4 is 34.6 Å². The van der Waals surface area contributed by atoms with Crippen molar-refractivity contribution in [3.05, 3.63) is 89.7 Å². The molecule has 5 aromatic rings. The van der Waals surface area contributed by atoms with Gasteiger partial charge in [0.15, 0.2) is 5.82 Å². The van der Waals surface area contributed by atoms with E-state index in [-0.39, 0.29) is 30.5 Å². The number of rotatable bonds is 14. The minimum Gasteiger partial charge on any atom is -0.507 e. The van der Waals surface area contributed by atoms with Gasteiger partial charge in [0.2, 0.25) is 5.88 Å². The number of nitrogens with two attached hydrogens (primary N) is 1. The molecule has 0 aliphatic carbocycles. The number of fused-ring (bicyclic) bond motifs is 2. The molecule has 308 valence electrons. The zero-order chi connectivity index (χ0) is 41.4. The normalized spacial score (nSPS) is 16.6. The lowest BCUT2D eigenvalue weighted by molar-refractivity contribution is 0.0456. The Morgan fingerprint density at radius 3 is 2.49 bits per heavy atom. The molecular formula is C44H50N8O6S. The summed E-state index contributed by atoms with van der Waals surface area (Å²) in [5, 5.41) is 21.7. The number of ether oxygens (including phenoxy) is 4. The molecule has 2 saturated heterocycles. The van der Waals surface area contributed by atoms with E-state index in [0.717, 1.165) is 53.3 Å². The topological polar surface area (TPSA) is 170 Å². The van der Waals surface area contributed by atoms with Gasteiger partial charge in [-0.05, 0) is 81.8 Å². The largest absolute Gasteiger partial charge is 0.507 e. The van der Waals surface area contributed by atoms with Gasteiger partial charge in [0.25, 0.3) is 0 Å². The number of phenolic OH excluding ortho intramolecular Hbond substituents is 1. The van der Waals surface area contributed by atoms with Crippen LogP contribution < -0.4 is 25.6 Å². The zero-order valence-electron chi connectivity index (χ0n) is 33.8. The molecule has 59 heavy (non-hydrogen) atoms. The molecule has 1 amide bonds. The summed E-state index contributed by atoms with van der Waals surface area (Å²) in [4.78, 5) is 26.8. The number of aromatic nitrogens is 4. The summed E-state index contributed by atoms with van der Waals surface area (Å²) in [5.41, 5.74) is 13.3. The Hall–Kier alpha value is -5.95. The number of amides is 1. The number of nitrogens with zero attached hydrogens (tertiary/aromatic N) is 6. The molecule has 2 bridgehead atoms. The molecule has 5 heterocycles. The van der Waals surface area contributed by atoms with Crippen molar-refractivity contribution < 1.29 is 28.8 Å². The number of hydrogen-bond donors (Lipinski definition) is 3. The molecule has 7 rings (SSSR count). The number of phenols is 1. The maximum absolute atomic E-state index is 12.2. The Labute approximate surface area is 348 Å². The fourth-order valence-corrected chi connectivity index (χ4v) is 8.08. The van der Waals surface area contributed by atoms with Gasteiger partial charge in [-0.3, -0.25) is 0 Å². The van der Waals surface area contributed by atoms with Crippen molar-refractivity contribution in [2.24, 2.45) is 0 Å². The standard InChI is InChI=1S/C44H50N8O6S/c1-29(48-43(54)58-44(2,3)4)30-11-13-31(14-12-30)41-36(47-28-59-41)9-7-19-55-20-21-56-22-23-57-40-24-32(17-18-46-40)52-33-15-16-34(52)27-51(26-33)38-25-37(49-50-42(38)45)35-8-5-6-10-39(35)53/h5-6,8,10-14,17-18,24-25,28-29,33-34,53H,15-16,19-23,26-27H2,1-4H3,(H2,45,50)(H,48,54)/t29-,33?,34?/m0/s1. The van der Waals surface area contributed by atoms with Crippen LogP contribution in [0.4, 0.5) is 22.0 Å². The number of anilines is 3. The third-order valence-corrected chi connectivity index (χ3v) is 10.9. The van der Waals surface area contributed by atoms with Crippen LogP contribution in [-0.2, 0) is 14.2 Å². The highest BCUT2D eigenvalue weighted by Gasteiger charge is 2.41. The van der Waals surface area contributed by atoms with Gasteiger partial charge in [0, 0.05) is 48.7 Å². The quantitative estimate of drug-likeness (QED) is 0.0786. The molecule has 15 heteroatoms. The Morgan fingerprint density at radius 1 is 0.983 bits per heavy atom. The molecule has 2 fully saturated rings. The van der Waals surface area contributed by atoms with Crippen LogP contribution in [0.3, 0.4) is 0 Å². The van der Waals surface area contributed by atoms with Crippen LogP contribution in [0, 0.1) is 11.8 Å². The van der Waals surface area contributed by atoms with Crippen LogP contribution in [0.25, 0.3) is 21.7 Å². The smallest absolute Gasteiger partial charge is 0.408 e. The van der Waals surface area contributed by atoms with Crippen LogP contribution in [0.15, 0.2) is 78.4 Å². The van der Waals surface area contributed by atoms with Crippen molar-refractivity contribution in [1.29, 1.82) is 0 Å². The molecule has 3 atom stereocenters. The Morgan fingerprint density at radius 2 is 1.73 bits per heavy atom. The van der Waals surface area contributed by atoms with Crippen molar-refractivity contribution in [1.82, 2.24) is 25.5 Å². The summed E-state index contributed by atoms with van der Waals surface area (Å²) in [7, 11) is 0. The summed E-state index contributed by atoms with van der Waals surface area (Å²) in [5.74, 6) is 7.26. The van der Waals surface area contributed by atoms with Crippen LogP contribution in [0.5, 0.6) is 11.6 Å². The van der Waals surface area contributed by atoms with E-state index in [0.29, 0.717) is 55.1 Å². The first kappa shape index (κ1) is 41.2. The fourth-order valence-electron chi connectivity index (χ4n) is 7.33. The van der Waals surface area contributed by atoms with Crippen LogP contribution >= 0.6 is 11.3 Å². The van der Waals surface area contributed by atoms with E-state index in [9.17, 15) is 9.90 Å². The number of nitrogens with one attached hydrogen (secondary N) is 1. The number of piperazine rings is 1. The lowest BCUT2D eigenvalue weighted by Crippen LogP contribution is -2.54. The lowest BCUT2D eigenvalue weighted by atomic mass is 10.0. The second-order valence-corrected chi connectivity index (χ2v) is 16.3. The number of nitrogen functional groups attached to an aromatic ring is 1. The average molecular weight is 819 g/mol. The minimum atomic E-state index is -0.555. The molecular weight excluding hydrogens is 769 g/mol. The predicted molar refractivity (Wildman–Crippen MR) is 229 cm³/mol. The Balaban J connectivity index is 0.817. The van der Waals surface area contributed by atoms with Gasteiger partial charge in [0.05, 0.1) is 47.6 Å². The van der Waals surface area contributed by atoms with E-state index >= 15 is 0 Å². The highest BCUT2D eigenvalue weighted by Crippen LogP contribution is 2.39. The molecule has 2 aromatic carbocycles. The van der Waals surface area contributed by atoms with Gasteiger partial charge in [-0.2, -0.15) is 0 Å². The number of pyridine rings is 1. The second kappa shape index (κ2) is 18.8. The molecule has 2 unspecified atom stereocenters. The fraction of sp³-hybridized carbons (Fsp3) is 0.386. The van der Waals surface area contributed by atoms with Crippen LogP contribution in [0.1, 0.15) is 57.8 Å². The summed E-state index contributed by atoms with van der Waals surface area (Å²) < 4.78 is 22.7. The summed E-state index contributed by atoms with van der Waals surface area (Å²) in [6.07, 6.45) is 3.46. The molecule has 0 radical (unpaired) electrons. The number of alkyl carbamates (subject to hydrolysis) is 1. The van der Waals surface area contributed by atoms with Gasteiger partial charge in [-0.1, -0.05) is 42.3 Å². The van der Waals surface area contributed by atoms with E-state index < -0.39 is 11.7 Å². The first-order chi connectivity index (χ1) is 28.5. The highest BCUT2D eigenvalue weighted by molar-refractivity contribution is 7.13. The van der Waals surface area contributed by atoms with Gasteiger partial charge >= 0.3 is 6.09 Å². The Kier molecular flexibility index (Phi) is 13.1. The van der Waals surface area contributed by atoms with Gasteiger partial charge in [-0.25, -0.2) is 14.8 Å². The molecule has 3 aromatic heterocycles. The number of carbonyl (C=O) groups excluding carboxylic acids is 1. The van der Waals surface area contributed by atoms with Crippen molar-refractivity contribution in [3.8, 4) is 45.2 Å². The maximum atomic E-state index is 12.2. The lowest BCUT2D eigenvalue weighted by Gasteiger charge is -2.43. The van der Waals surface area contributed by atoms with E-state index in [1.807, 2.05) is 82.3 Å². The van der Waals surface area contributed by atoms with Gasteiger partial charge in [-0.15, -0.1) is 21.5 Å². The monoisotopic (exact) mass is 818 g/mol. The van der Waals surface area contributed by atoms with Crippen molar-refractivity contribution in [2.75, 3.05) is 61.7 Å². The average Bonchev–Trinajstić information content (AvgIpc) is 3.79. The first-order valence-corrected chi connectivity index (χ1v) is 20.6. The van der Waals surface area contributed by atoms with Gasteiger partial charge in [0.1, 0.15) is 30.3 Å². The van der Waals surface area contributed by atoms with E-state index in [1.54, 1.807) is 23.8 Å². The van der Waals surface area contributed by atoms with Gasteiger partial charge < -0.3 is 44.9 Å². The number of thiazole rings is 1. The second-order valence-electron chi connectivity index (χ2n) is 15.4.